The van der Waals surface area contributed by atoms with Crippen LogP contribution in [0.25, 0.3) is 0 Å². The standard InChI is InChI=1S/C7H7O3P/c8-11-9-5-6-3-1-2-4-7(6)10-11/h1-4,8H,5H2. The Bertz CT molecular complexity index is 264. The molecule has 4 heteroatoms. The highest BCUT2D eigenvalue weighted by Gasteiger charge is 2.18. The molecule has 1 aromatic rings. The molecule has 0 aromatic heterocycles. The van der Waals surface area contributed by atoms with Gasteiger partial charge < -0.3 is 9.42 Å². The molecule has 1 aliphatic rings. The molecule has 1 heterocycles. The molecule has 0 saturated carbocycles. The highest BCUT2D eigenvalue weighted by Crippen LogP contribution is 2.42. The van der Waals surface area contributed by atoms with Crippen molar-refractivity contribution in [2.24, 2.45) is 0 Å². The van der Waals surface area contributed by atoms with Crippen LogP contribution in [0.2, 0.25) is 0 Å². The van der Waals surface area contributed by atoms with Gasteiger partial charge in [-0.05, 0) is 6.07 Å². The molecule has 2 rings (SSSR count). The maximum absolute atomic E-state index is 8.98. The van der Waals surface area contributed by atoms with E-state index in [4.69, 9.17) is 13.9 Å². The van der Waals surface area contributed by atoms with E-state index in [-0.39, 0.29) is 0 Å². The van der Waals surface area contributed by atoms with Crippen molar-refractivity contribution in [3.05, 3.63) is 29.8 Å². The highest BCUT2D eigenvalue weighted by molar-refractivity contribution is 7.41. The lowest BCUT2D eigenvalue weighted by atomic mass is 10.2. The Hall–Kier alpha value is -0.630. The normalized spacial score (nSPS) is 22.1. The maximum atomic E-state index is 8.98. The predicted molar refractivity (Wildman–Crippen MR) is 41.0 cm³/mol. The molecule has 58 valence electrons. The van der Waals surface area contributed by atoms with Gasteiger partial charge in [-0.15, -0.1) is 0 Å². The zero-order chi connectivity index (χ0) is 7.68. The zero-order valence-corrected chi connectivity index (χ0v) is 6.62. The minimum absolute atomic E-state index is 0.443. The molecule has 0 bridgehead atoms. The largest absolute Gasteiger partial charge is 0.426 e. The Morgan fingerprint density at radius 1 is 1.36 bits per heavy atom. The molecule has 1 unspecified atom stereocenters. The van der Waals surface area contributed by atoms with E-state index in [1.807, 2.05) is 24.3 Å². The van der Waals surface area contributed by atoms with E-state index in [1.54, 1.807) is 0 Å². The Balaban J connectivity index is 2.34. The molecule has 1 aliphatic heterocycles. The van der Waals surface area contributed by atoms with Crippen LogP contribution in [-0.4, -0.2) is 4.89 Å². The summed E-state index contributed by atoms with van der Waals surface area (Å²) in [7, 11) is -1.68. The van der Waals surface area contributed by atoms with Crippen molar-refractivity contribution >= 4 is 8.60 Å². The maximum Gasteiger partial charge on any atom is 0.394 e. The monoisotopic (exact) mass is 170 g/mol. The molecule has 1 aromatic carbocycles. The van der Waals surface area contributed by atoms with Crippen LogP contribution in [-0.2, 0) is 11.1 Å². The van der Waals surface area contributed by atoms with Crippen molar-refractivity contribution in [2.45, 2.75) is 6.61 Å². The van der Waals surface area contributed by atoms with Gasteiger partial charge in [0.25, 0.3) is 0 Å². The number of fused-ring (bicyclic) bond motifs is 1. The molecule has 1 atom stereocenters. The lowest BCUT2D eigenvalue weighted by Crippen LogP contribution is -2.02. The average Bonchev–Trinajstić information content (AvgIpc) is 2.04. The second-order valence-electron chi connectivity index (χ2n) is 2.21. The third-order valence-electron chi connectivity index (χ3n) is 1.48. The van der Waals surface area contributed by atoms with Crippen molar-refractivity contribution in [1.29, 1.82) is 0 Å². The van der Waals surface area contributed by atoms with E-state index in [9.17, 15) is 0 Å². The average molecular weight is 170 g/mol. The predicted octanol–water partition coefficient (Wildman–Crippen LogP) is 1.81. The van der Waals surface area contributed by atoms with Crippen LogP contribution < -0.4 is 4.52 Å². The molecule has 0 fully saturated rings. The minimum Gasteiger partial charge on any atom is -0.426 e. The van der Waals surface area contributed by atoms with E-state index < -0.39 is 8.60 Å². The van der Waals surface area contributed by atoms with Crippen LogP contribution in [0, 0.1) is 0 Å². The molecular weight excluding hydrogens is 163 g/mol. The van der Waals surface area contributed by atoms with Gasteiger partial charge in [0, 0.05) is 5.56 Å². The third kappa shape index (κ3) is 1.36. The zero-order valence-electron chi connectivity index (χ0n) is 5.73. The first-order valence-electron chi connectivity index (χ1n) is 3.24. The summed E-state index contributed by atoms with van der Waals surface area (Å²) in [4.78, 5) is 8.98. The van der Waals surface area contributed by atoms with Gasteiger partial charge in [-0.25, -0.2) is 0 Å². The van der Waals surface area contributed by atoms with E-state index in [2.05, 4.69) is 0 Å². The summed E-state index contributed by atoms with van der Waals surface area (Å²) >= 11 is 0. The third-order valence-corrected chi connectivity index (χ3v) is 2.18. The van der Waals surface area contributed by atoms with Gasteiger partial charge in [0.2, 0.25) is 0 Å². The number of rotatable bonds is 0. The van der Waals surface area contributed by atoms with E-state index in [0.717, 1.165) is 11.3 Å². The SMILES string of the molecule is OP1OCc2ccccc2O1. The van der Waals surface area contributed by atoms with Crippen molar-refractivity contribution in [3.63, 3.8) is 0 Å². The summed E-state index contributed by atoms with van der Waals surface area (Å²) in [5, 5.41) is 0. The Labute approximate surface area is 65.6 Å². The van der Waals surface area contributed by atoms with Crippen molar-refractivity contribution < 1.29 is 13.9 Å². The lowest BCUT2D eigenvalue weighted by molar-refractivity contribution is 0.228. The number of hydrogen-bond acceptors (Lipinski definition) is 3. The highest BCUT2D eigenvalue weighted by atomic mass is 31.2. The molecule has 0 radical (unpaired) electrons. The summed E-state index contributed by atoms with van der Waals surface area (Å²) in [5.41, 5.74) is 0.986. The molecule has 0 aliphatic carbocycles. The molecule has 11 heavy (non-hydrogen) atoms. The van der Waals surface area contributed by atoms with Crippen LogP contribution >= 0.6 is 8.60 Å². The first-order valence-corrected chi connectivity index (χ1v) is 4.37. The number of hydrogen-bond donors (Lipinski definition) is 1. The van der Waals surface area contributed by atoms with Crippen LogP contribution in [0.4, 0.5) is 0 Å². The van der Waals surface area contributed by atoms with Gasteiger partial charge in [-0.3, -0.25) is 4.52 Å². The molecule has 0 amide bonds. The van der Waals surface area contributed by atoms with E-state index in [1.165, 1.54) is 0 Å². The lowest BCUT2D eigenvalue weighted by Gasteiger charge is -2.19. The first-order chi connectivity index (χ1) is 5.36. The Morgan fingerprint density at radius 2 is 2.18 bits per heavy atom. The summed E-state index contributed by atoms with van der Waals surface area (Å²) < 4.78 is 9.93. The summed E-state index contributed by atoms with van der Waals surface area (Å²) in [5.74, 6) is 0.729. The second-order valence-corrected chi connectivity index (χ2v) is 3.13. The molecular formula is C7H7O3P. The van der Waals surface area contributed by atoms with Crippen molar-refractivity contribution in [2.75, 3.05) is 0 Å². The van der Waals surface area contributed by atoms with Crippen molar-refractivity contribution in [3.8, 4) is 5.75 Å². The summed E-state index contributed by atoms with van der Waals surface area (Å²) in [6, 6.07) is 7.52. The number of benzene rings is 1. The smallest absolute Gasteiger partial charge is 0.394 e. The van der Waals surface area contributed by atoms with Gasteiger partial charge >= 0.3 is 8.60 Å². The fourth-order valence-electron chi connectivity index (χ4n) is 0.947. The van der Waals surface area contributed by atoms with Crippen molar-refractivity contribution in [1.82, 2.24) is 0 Å². The molecule has 3 nitrogen and oxygen atoms in total. The topological polar surface area (TPSA) is 38.7 Å². The first kappa shape index (κ1) is 7.04. The van der Waals surface area contributed by atoms with Gasteiger partial charge in [-0.1, -0.05) is 18.2 Å². The molecule has 0 spiro atoms. The van der Waals surface area contributed by atoms with Crippen LogP contribution in [0.3, 0.4) is 0 Å². The molecule has 0 saturated heterocycles. The van der Waals surface area contributed by atoms with Crippen LogP contribution in [0.15, 0.2) is 24.3 Å². The minimum atomic E-state index is -1.68. The van der Waals surface area contributed by atoms with Crippen LogP contribution in [0.5, 0.6) is 5.75 Å². The van der Waals surface area contributed by atoms with E-state index in [0.29, 0.717) is 6.61 Å². The summed E-state index contributed by atoms with van der Waals surface area (Å²) in [6.45, 7) is 0.443. The van der Waals surface area contributed by atoms with Crippen LogP contribution in [0.1, 0.15) is 5.56 Å². The van der Waals surface area contributed by atoms with Gasteiger partial charge in [0.15, 0.2) is 0 Å². The molecule has 1 N–H and O–H groups in total. The Kier molecular flexibility index (Phi) is 1.78. The van der Waals surface area contributed by atoms with E-state index >= 15 is 0 Å². The Morgan fingerprint density at radius 3 is 3.09 bits per heavy atom. The van der Waals surface area contributed by atoms with Gasteiger partial charge in [0.1, 0.15) is 5.75 Å². The number of para-hydroxylation sites is 1. The quantitative estimate of drug-likeness (QED) is 0.603. The second kappa shape index (κ2) is 2.78. The summed E-state index contributed by atoms with van der Waals surface area (Å²) in [6.07, 6.45) is 0. The van der Waals surface area contributed by atoms with Gasteiger partial charge in [0.05, 0.1) is 6.61 Å². The fourth-order valence-corrected chi connectivity index (χ4v) is 1.60. The van der Waals surface area contributed by atoms with Gasteiger partial charge in [-0.2, -0.15) is 0 Å². The fraction of sp³-hybridized carbons (Fsp3) is 0.143.